The van der Waals surface area contributed by atoms with E-state index in [-0.39, 0.29) is 0 Å². The Bertz CT molecular complexity index is 707. The molecular formula is C19H24N2O3S. The van der Waals surface area contributed by atoms with Crippen molar-refractivity contribution < 1.29 is 14.2 Å². The molecule has 6 heteroatoms. The van der Waals surface area contributed by atoms with E-state index >= 15 is 0 Å². The maximum Gasteiger partial charge on any atom is 0.171 e. The minimum Gasteiger partial charge on any atom is -0.495 e. The molecule has 0 aromatic heterocycles. The van der Waals surface area contributed by atoms with Gasteiger partial charge in [0.25, 0.3) is 0 Å². The van der Waals surface area contributed by atoms with Crippen LogP contribution in [0.1, 0.15) is 19.4 Å². The lowest BCUT2D eigenvalue weighted by atomic mass is 10.2. The van der Waals surface area contributed by atoms with E-state index in [1.165, 1.54) is 0 Å². The molecule has 0 fully saturated rings. The van der Waals surface area contributed by atoms with Crippen molar-refractivity contribution in [3.63, 3.8) is 0 Å². The van der Waals surface area contributed by atoms with Gasteiger partial charge in [0.2, 0.25) is 0 Å². The zero-order valence-electron chi connectivity index (χ0n) is 14.8. The molecule has 5 nitrogen and oxygen atoms in total. The van der Waals surface area contributed by atoms with E-state index in [2.05, 4.69) is 10.6 Å². The number of nitrogens with one attached hydrogen (secondary N) is 2. The standard InChI is InChI=1S/C19H24N2O3S/c1-4-23-17-11-10-14(12-18(17)24-5-2)13-20-19(25)21-15-8-6-7-9-16(15)22-3/h6-12H,4-5,13H2,1-3H3,(H2,20,21,25). The van der Waals surface area contributed by atoms with Gasteiger partial charge in [-0.25, -0.2) is 0 Å². The molecule has 0 amide bonds. The van der Waals surface area contributed by atoms with Crippen molar-refractivity contribution in [3.8, 4) is 17.2 Å². The van der Waals surface area contributed by atoms with Crippen LogP contribution in [0.2, 0.25) is 0 Å². The maximum atomic E-state index is 5.65. The van der Waals surface area contributed by atoms with Gasteiger partial charge in [0, 0.05) is 6.54 Å². The van der Waals surface area contributed by atoms with E-state index in [0.29, 0.717) is 24.9 Å². The van der Waals surface area contributed by atoms with Crippen LogP contribution in [0, 0.1) is 0 Å². The molecule has 0 radical (unpaired) electrons. The van der Waals surface area contributed by atoms with E-state index in [4.69, 9.17) is 26.4 Å². The third-order valence-electron chi connectivity index (χ3n) is 3.42. The summed E-state index contributed by atoms with van der Waals surface area (Å²) in [6, 6.07) is 13.5. The van der Waals surface area contributed by atoms with Gasteiger partial charge in [-0.15, -0.1) is 0 Å². The zero-order chi connectivity index (χ0) is 18.1. The van der Waals surface area contributed by atoms with E-state index in [1.54, 1.807) is 7.11 Å². The second-order valence-corrected chi connectivity index (χ2v) is 5.56. The molecule has 25 heavy (non-hydrogen) atoms. The average molecular weight is 360 g/mol. The summed E-state index contributed by atoms with van der Waals surface area (Å²) in [7, 11) is 1.63. The van der Waals surface area contributed by atoms with Crippen LogP contribution in [0.15, 0.2) is 42.5 Å². The van der Waals surface area contributed by atoms with Gasteiger partial charge in [0.05, 0.1) is 26.0 Å². The van der Waals surface area contributed by atoms with Crippen LogP contribution in [-0.2, 0) is 6.54 Å². The number of hydrogen-bond donors (Lipinski definition) is 2. The Labute approximate surface area is 154 Å². The highest BCUT2D eigenvalue weighted by Gasteiger charge is 2.07. The first kappa shape index (κ1) is 18.9. The third-order valence-corrected chi connectivity index (χ3v) is 3.66. The summed E-state index contributed by atoms with van der Waals surface area (Å²) in [4.78, 5) is 0. The number of ether oxygens (including phenoxy) is 3. The fourth-order valence-corrected chi connectivity index (χ4v) is 2.48. The molecule has 0 atom stereocenters. The van der Waals surface area contributed by atoms with Crippen LogP contribution in [0.5, 0.6) is 17.2 Å². The Balaban J connectivity index is 1.98. The predicted molar refractivity (Wildman–Crippen MR) is 105 cm³/mol. The fraction of sp³-hybridized carbons (Fsp3) is 0.316. The molecule has 0 heterocycles. The molecule has 134 valence electrons. The van der Waals surface area contributed by atoms with Crippen molar-refractivity contribution in [2.24, 2.45) is 0 Å². The van der Waals surface area contributed by atoms with Gasteiger partial charge in [-0.1, -0.05) is 18.2 Å². The molecule has 0 aliphatic carbocycles. The molecular weight excluding hydrogens is 336 g/mol. The first-order chi connectivity index (χ1) is 12.2. The largest absolute Gasteiger partial charge is 0.495 e. The summed E-state index contributed by atoms with van der Waals surface area (Å²) in [5.74, 6) is 2.24. The van der Waals surface area contributed by atoms with Gasteiger partial charge in [0.15, 0.2) is 16.6 Å². The predicted octanol–water partition coefficient (Wildman–Crippen LogP) is 3.98. The zero-order valence-corrected chi connectivity index (χ0v) is 15.6. The maximum absolute atomic E-state index is 5.65. The third kappa shape index (κ3) is 5.53. The van der Waals surface area contributed by atoms with Crippen LogP contribution in [0.4, 0.5) is 5.69 Å². The Morgan fingerprint density at radius 3 is 2.40 bits per heavy atom. The van der Waals surface area contributed by atoms with Crippen LogP contribution >= 0.6 is 12.2 Å². The minimum absolute atomic E-state index is 0.524. The Kier molecular flexibility index (Phi) is 7.35. The summed E-state index contributed by atoms with van der Waals surface area (Å²) in [6.45, 7) is 5.67. The molecule has 0 unspecified atom stereocenters. The molecule has 2 rings (SSSR count). The summed E-state index contributed by atoms with van der Waals surface area (Å²) in [5, 5.41) is 6.85. The number of hydrogen-bond acceptors (Lipinski definition) is 4. The second-order valence-electron chi connectivity index (χ2n) is 5.16. The van der Waals surface area contributed by atoms with Gasteiger partial charge < -0.3 is 24.8 Å². The van der Waals surface area contributed by atoms with E-state index in [9.17, 15) is 0 Å². The van der Waals surface area contributed by atoms with Crippen LogP contribution < -0.4 is 24.8 Å². The van der Waals surface area contributed by atoms with Crippen LogP contribution in [0.3, 0.4) is 0 Å². The molecule has 2 N–H and O–H groups in total. The normalized spacial score (nSPS) is 10.0. The number of methoxy groups -OCH3 is 1. The first-order valence-electron chi connectivity index (χ1n) is 8.24. The molecule has 0 bridgehead atoms. The van der Waals surface area contributed by atoms with Crippen molar-refractivity contribution in [2.75, 3.05) is 25.6 Å². The van der Waals surface area contributed by atoms with Crippen molar-refractivity contribution in [2.45, 2.75) is 20.4 Å². The highest BCUT2D eigenvalue weighted by molar-refractivity contribution is 7.80. The molecule has 0 aliphatic heterocycles. The Morgan fingerprint density at radius 2 is 1.68 bits per heavy atom. The monoisotopic (exact) mass is 360 g/mol. The second kappa shape index (κ2) is 9.74. The molecule has 2 aromatic carbocycles. The highest BCUT2D eigenvalue weighted by Crippen LogP contribution is 2.28. The van der Waals surface area contributed by atoms with Gasteiger partial charge in [-0.05, 0) is 55.9 Å². The fourth-order valence-electron chi connectivity index (χ4n) is 2.30. The molecule has 0 spiro atoms. The van der Waals surface area contributed by atoms with Crippen molar-refractivity contribution >= 4 is 23.0 Å². The summed E-state index contributed by atoms with van der Waals surface area (Å²) in [5.41, 5.74) is 1.88. The van der Waals surface area contributed by atoms with Gasteiger partial charge in [-0.3, -0.25) is 0 Å². The van der Waals surface area contributed by atoms with E-state index < -0.39 is 0 Å². The van der Waals surface area contributed by atoms with Crippen molar-refractivity contribution in [1.82, 2.24) is 5.32 Å². The molecule has 0 saturated carbocycles. The number of anilines is 1. The lowest BCUT2D eigenvalue weighted by Gasteiger charge is -2.15. The van der Waals surface area contributed by atoms with Crippen molar-refractivity contribution in [1.29, 1.82) is 0 Å². The molecule has 0 aliphatic rings. The number of para-hydroxylation sites is 2. The minimum atomic E-state index is 0.524. The van der Waals surface area contributed by atoms with Gasteiger partial charge >= 0.3 is 0 Å². The summed E-state index contributed by atoms with van der Waals surface area (Å²) < 4.78 is 16.5. The quantitative estimate of drug-likeness (QED) is 0.695. The lowest BCUT2D eigenvalue weighted by Crippen LogP contribution is -2.28. The van der Waals surface area contributed by atoms with Crippen LogP contribution in [0.25, 0.3) is 0 Å². The van der Waals surface area contributed by atoms with E-state index in [0.717, 1.165) is 28.5 Å². The Morgan fingerprint density at radius 1 is 0.960 bits per heavy atom. The number of thiocarbonyl (C=S) groups is 1. The summed E-state index contributed by atoms with van der Waals surface area (Å²) >= 11 is 5.36. The van der Waals surface area contributed by atoms with Gasteiger partial charge in [0.1, 0.15) is 5.75 Å². The van der Waals surface area contributed by atoms with Crippen molar-refractivity contribution in [3.05, 3.63) is 48.0 Å². The molecule has 2 aromatic rings. The topological polar surface area (TPSA) is 51.8 Å². The smallest absolute Gasteiger partial charge is 0.171 e. The highest BCUT2D eigenvalue weighted by atomic mass is 32.1. The first-order valence-corrected chi connectivity index (χ1v) is 8.65. The lowest BCUT2D eigenvalue weighted by molar-refractivity contribution is 0.287. The number of benzene rings is 2. The number of rotatable bonds is 8. The average Bonchev–Trinajstić information content (AvgIpc) is 2.62. The summed E-state index contributed by atoms with van der Waals surface area (Å²) in [6.07, 6.45) is 0. The van der Waals surface area contributed by atoms with Gasteiger partial charge in [-0.2, -0.15) is 0 Å². The van der Waals surface area contributed by atoms with Crippen LogP contribution in [-0.4, -0.2) is 25.4 Å². The SMILES string of the molecule is CCOc1ccc(CNC(=S)Nc2ccccc2OC)cc1OCC. The van der Waals surface area contributed by atoms with E-state index in [1.807, 2.05) is 56.3 Å². The molecule has 0 saturated heterocycles. The Hall–Kier alpha value is -2.47.